The van der Waals surface area contributed by atoms with E-state index in [0.29, 0.717) is 6.54 Å². The van der Waals surface area contributed by atoms with E-state index in [-0.39, 0.29) is 5.91 Å². The Hall–Kier alpha value is -2.44. The Morgan fingerprint density at radius 2 is 1.84 bits per heavy atom. The fourth-order valence-corrected chi connectivity index (χ4v) is 4.59. The van der Waals surface area contributed by atoms with Crippen molar-refractivity contribution in [1.29, 1.82) is 0 Å². The lowest BCUT2D eigenvalue weighted by atomic mass is 10.0. The number of carbonyl (C=O) groups is 1. The van der Waals surface area contributed by atoms with Gasteiger partial charge in [-0.15, -0.1) is 0 Å². The molecule has 172 valence electrons. The van der Waals surface area contributed by atoms with Gasteiger partial charge in [0.1, 0.15) is 0 Å². The summed E-state index contributed by atoms with van der Waals surface area (Å²) in [4.78, 5) is 17.1. The molecule has 1 amide bonds. The van der Waals surface area contributed by atoms with Crippen LogP contribution in [0, 0.1) is 13.8 Å². The quantitative estimate of drug-likeness (QED) is 0.722. The molecule has 4 rings (SSSR count). The van der Waals surface area contributed by atoms with Gasteiger partial charge in [-0.2, -0.15) is 5.10 Å². The fraction of sp³-hybridized carbons (Fsp3) is 0.538. The van der Waals surface area contributed by atoms with Crippen molar-refractivity contribution in [3.63, 3.8) is 0 Å². The SMILES string of the molecule is Cc1ccc(-n2cc(C3=CCN(CC(=O)NCCN4CCCCCC4)CC3)cn2)cc1C. The van der Waals surface area contributed by atoms with Crippen LogP contribution in [0.25, 0.3) is 11.3 Å². The summed E-state index contributed by atoms with van der Waals surface area (Å²) in [6.45, 7) is 10.5. The van der Waals surface area contributed by atoms with Crippen LogP contribution in [-0.2, 0) is 4.79 Å². The monoisotopic (exact) mass is 435 g/mol. The maximum absolute atomic E-state index is 12.4. The maximum Gasteiger partial charge on any atom is 0.234 e. The topological polar surface area (TPSA) is 53.4 Å². The molecular formula is C26H37N5O. The van der Waals surface area contributed by atoms with Crippen molar-refractivity contribution in [2.75, 3.05) is 45.8 Å². The van der Waals surface area contributed by atoms with Gasteiger partial charge in [0.05, 0.1) is 18.4 Å². The van der Waals surface area contributed by atoms with Crippen LogP contribution >= 0.6 is 0 Å². The van der Waals surface area contributed by atoms with E-state index in [2.05, 4.69) is 64.5 Å². The summed E-state index contributed by atoms with van der Waals surface area (Å²) in [5, 5.41) is 7.69. The van der Waals surface area contributed by atoms with Crippen molar-refractivity contribution in [2.45, 2.75) is 46.0 Å². The van der Waals surface area contributed by atoms with Crippen molar-refractivity contribution in [2.24, 2.45) is 0 Å². The van der Waals surface area contributed by atoms with Crippen LogP contribution < -0.4 is 5.32 Å². The molecule has 3 heterocycles. The molecule has 2 aromatic rings. The zero-order chi connectivity index (χ0) is 22.3. The third-order valence-corrected chi connectivity index (χ3v) is 6.82. The smallest absolute Gasteiger partial charge is 0.234 e. The van der Waals surface area contributed by atoms with Gasteiger partial charge in [-0.1, -0.05) is 25.0 Å². The van der Waals surface area contributed by atoms with Crippen molar-refractivity contribution in [3.05, 3.63) is 53.4 Å². The number of benzene rings is 1. The van der Waals surface area contributed by atoms with Crippen molar-refractivity contribution in [3.8, 4) is 5.69 Å². The van der Waals surface area contributed by atoms with E-state index in [1.54, 1.807) is 0 Å². The van der Waals surface area contributed by atoms with Crippen LogP contribution in [0.1, 0.15) is 48.8 Å². The number of hydrogen-bond acceptors (Lipinski definition) is 4. The minimum Gasteiger partial charge on any atom is -0.354 e. The molecule has 0 bridgehead atoms. The van der Waals surface area contributed by atoms with Gasteiger partial charge in [-0.25, -0.2) is 4.68 Å². The summed E-state index contributed by atoms with van der Waals surface area (Å²) in [6.07, 6.45) is 12.5. The third-order valence-electron chi connectivity index (χ3n) is 6.82. The van der Waals surface area contributed by atoms with Gasteiger partial charge in [0.2, 0.25) is 5.91 Å². The Morgan fingerprint density at radius 1 is 1.03 bits per heavy atom. The summed E-state index contributed by atoms with van der Waals surface area (Å²) in [5.41, 5.74) is 6.15. The number of hydrogen-bond donors (Lipinski definition) is 1. The van der Waals surface area contributed by atoms with E-state index < -0.39 is 0 Å². The van der Waals surface area contributed by atoms with Gasteiger partial charge < -0.3 is 10.2 Å². The van der Waals surface area contributed by atoms with Crippen LogP contribution in [0.3, 0.4) is 0 Å². The summed E-state index contributed by atoms with van der Waals surface area (Å²) in [7, 11) is 0. The van der Waals surface area contributed by atoms with E-state index in [4.69, 9.17) is 0 Å². The highest BCUT2D eigenvalue weighted by Gasteiger charge is 2.17. The number of aromatic nitrogens is 2. The molecule has 0 atom stereocenters. The summed E-state index contributed by atoms with van der Waals surface area (Å²) < 4.78 is 1.95. The van der Waals surface area contributed by atoms with E-state index in [9.17, 15) is 4.79 Å². The zero-order valence-corrected chi connectivity index (χ0v) is 19.6. The number of nitrogens with zero attached hydrogens (tertiary/aromatic N) is 4. The van der Waals surface area contributed by atoms with Crippen molar-refractivity contribution < 1.29 is 4.79 Å². The lowest BCUT2D eigenvalue weighted by Crippen LogP contribution is -2.42. The van der Waals surface area contributed by atoms with Crippen molar-refractivity contribution >= 4 is 11.5 Å². The highest BCUT2D eigenvalue weighted by atomic mass is 16.2. The molecule has 0 unspecified atom stereocenters. The number of rotatable bonds is 7. The zero-order valence-electron chi connectivity index (χ0n) is 19.6. The number of aryl methyl sites for hydroxylation is 2. The molecule has 1 saturated heterocycles. The Balaban J connectivity index is 1.23. The molecule has 6 heteroatoms. The molecule has 1 aromatic heterocycles. The van der Waals surface area contributed by atoms with E-state index in [1.165, 1.54) is 61.0 Å². The molecule has 2 aliphatic heterocycles. The largest absolute Gasteiger partial charge is 0.354 e. The first-order valence-corrected chi connectivity index (χ1v) is 12.1. The van der Waals surface area contributed by atoms with Crippen LogP contribution in [0.5, 0.6) is 0 Å². The molecule has 0 spiro atoms. The minimum atomic E-state index is 0.138. The number of amides is 1. The van der Waals surface area contributed by atoms with Crippen LogP contribution in [0.4, 0.5) is 0 Å². The molecule has 2 aliphatic rings. The first-order valence-electron chi connectivity index (χ1n) is 12.1. The van der Waals surface area contributed by atoms with Gasteiger partial charge in [0, 0.05) is 37.9 Å². The lowest BCUT2D eigenvalue weighted by molar-refractivity contribution is -0.122. The first-order chi connectivity index (χ1) is 15.6. The number of carbonyl (C=O) groups excluding carboxylic acids is 1. The average Bonchev–Trinajstić information content (AvgIpc) is 3.14. The second-order valence-corrected chi connectivity index (χ2v) is 9.26. The molecule has 0 radical (unpaired) electrons. The lowest BCUT2D eigenvalue weighted by Gasteiger charge is -2.25. The van der Waals surface area contributed by atoms with Crippen molar-refractivity contribution in [1.82, 2.24) is 24.9 Å². The average molecular weight is 436 g/mol. The molecular weight excluding hydrogens is 398 g/mol. The van der Waals surface area contributed by atoms with Gasteiger partial charge in [0.15, 0.2) is 0 Å². The van der Waals surface area contributed by atoms with Gasteiger partial charge in [-0.3, -0.25) is 9.69 Å². The minimum absolute atomic E-state index is 0.138. The second kappa shape index (κ2) is 10.9. The highest BCUT2D eigenvalue weighted by molar-refractivity contribution is 5.78. The number of likely N-dealkylation sites (tertiary alicyclic amines) is 1. The molecule has 0 saturated carbocycles. The summed E-state index contributed by atoms with van der Waals surface area (Å²) in [5.74, 6) is 0.138. The van der Waals surface area contributed by atoms with Gasteiger partial charge in [0.25, 0.3) is 0 Å². The van der Waals surface area contributed by atoms with Crippen LogP contribution in [0.15, 0.2) is 36.7 Å². The Morgan fingerprint density at radius 3 is 2.56 bits per heavy atom. The van der Waals surface area contributed by atoms with Gasteiger partial charge >= 0.3 is 0 Å². The predicted molar refractivity (Wildman–Crippen MR) is 130 cm³/mol. The highest BCUT2D eigenvalue weighted by Crippen LogP contribution is 2.23. The normalized spacial score (nSPS) is 18.2. The first kappa shape index (κ1) is 22.7. The predicted octanol–water partition coefficient (Wildman–Crippen LogP) is 3.57. The fourth-order valence-electron chi connectivity index (χ4n) is 4.59. The maximum atomic E-state index is 12.4. The third kappa shape index (κ3) is 6.08. The standard InChI is InChI=1S/C26H37N5O/c1-21-7-8-25(17-22(21)2)31-19-24(18-28-31)23-9-14-30(15-10-23)20-26(32)27-11-16-29-12-5-3-4-6-13-29/h7-9,17-19H,3-6,10-16,20H2,1-2H3,(H,27,32). The molecule has 1 N–H and O–H groups in total. The van der Waals surface area contributed by atoms with E-state index in [1.807, 2.05) is 10.9 Å². The Bertz CT molecular complexity index is 939. The Kier molecular flexibility index (Phi) is 7.76. The molecule has 1 aromatic carbocycles. The van der Waals surface area contributed by atoms with Crippen LogP contribution in [-0.4, -0.2) is 71.3 Å². The van der Waals surface area contributed by atoms with E-state index >= 15 is 0 Å². The molecule has 1 fully saturated rings. The molecule has 32 heavy (non-hydrogen) atoms. The summed E-state index contributed by atoms with van der Waals surface area (Å²) >= 11 is 0. The second-order valence-electron chi connectivity index (χ2n) is 9.26. The Labute approximate surface area is 192 Å². The summed E-state index contributed by atoms with van der Waals surface area (Å²) in [6, 6.07) is 6.43. The number of nitrogens with one attached hydrogen (secondary N) is 1. The van der Waals surface area contributed by atoms with E-state index in [0.717, 1.165) is 38.3 Å². The molecule has 0 aliphatic carbocycles. The van der Waals surface area contributed by atoms with Crippen LogP contribution in [0.2, 0.25) is 0 Å². The molecule has 6 nitrogen and oxygen atoms in total. The van der Waals surface area contributed by atoms with Gasteiger partial charge in [-0.05, 0) is 75.0 Å².